The standard InChI is InChI=1S/C13H20N2O3S/c1-5-13(16)15(4)12-8-7-11(9-10(12)3)19(17,18)14-6-2/h7-9,14H,5-6H2,1-4H3. The highest BCUT2D eigenvalue weighted by Gasteiger charge is 2.16. The quantitative estimate of drug-likeness (QED) is 0.894. The van der Waals surface area contributed by atoms with Crippen molar-refractivity contribution in [1.82, 2.24) is 4.72 Å². The first-order valence-electron chi connectivity index (χ1n) is 6.20. The van der Waals surface area contributed by atoms with Gasteiger partial charge in [0.05, 0.1) is 4.90 Å². The van der Waals surface area contributed by atoms with Crippen LogP contribution in [-0.4, -0.2) is 27.9 Å². The first kappa shape index (κ1) is 15.7. The number of carbonyl (C=O) groups excluding carboxylic acids is 1. The summed E-state index contributed by atoms with van der Waals surface area (Å²) in [6.45, 7) is 5.65. The van der Waals surface area contributed by atoms with E-state index in [2.05, 4.69) is 4.72 Å². The molecule has 0 spiro atoms. The van der Waals surface area contributed by atoms with Gasteiger partial charge in [0.15, 0.2) is 0 Å². The van der Waals surface area contributed by atoms with E-state index in [1.54, 1.807) is 44.9 Å². The van der Waals surface area contributed by atoms with Crippen molar-refractivity contribution >= 4 is 21.6 Å². The Hall–Kier alpha value is -1.40. The molecule has 0 radical (unpaired) electrons. The van der Waals surface area contributed by atoms with Crippen molar-refractivity contribution in [2.24, 2.45) is 0 Å². The number of carbonyl (C=O) groups is 1. The summed E-state index contributed by atoms with van der Waals surface area (Å²) in [4.78, 5) is 13.4. The van der Waals surface area contributed by atoms with Gasteiger partial charge in [-0.25, -0.2) is 13.1 Å². The van der Waals surface area contributed by atoms with E-state index < -0.39 is 10.0 Å². The fraction of sp³-hybridized carbons (Fsp3) is 0.462. The first-order chi connectivity index (χ1) is 8.83. The predicted molar refractivity (Wildman–Crippen MR) is 75.7 cm³/mol. The smallest absolute Gasteiger partial charge is 0.240 e. The lowest BCUT2D eigenvalue weighted by Crippen LogP contribution is -2.26. The van der Waals surface area contributed by atoms with Crippen LogP contribution in [0.2, 0.25) is 0 Å². The van der Waals surface area contributed by atoms with Gasteiger partial charge in [0, 0.05) is 25.7 Å². The molecule has 1 aromatic rings. The molecule has 1 N–H and O–H groups in total. The summed E-state index contributed by atoms with van der Waals surface area (Å²) in [6.07, 6.45) is 0.410. The number of anilines is 1. The van der Waals surface area contributed by atoms with Crippen LogP contribution in [-0.2, 0) is 14.8 Å². The van der Waals surface area contributed by atoms with Crippen LogP contribution in [0.4, 0.5) is 5.69 Å². The van der Waals surface area contributed by atoms with Crippen molar-refractivity contribution in [3.63, 3.8) is 0 Å². The molecular weight excluding hydrogens is 264 g/mol. The van der Waals surface area contributed by atoms with E-state index >= 15 is 0 Å². The Morgan fingerprint density at radius 3 is 2.42 bits per heavy atom. The Labute approximate surface area is 114 Å². The molecule has 0 aromatic heterocycles. The zero-order valence-electron chi connectivity index (χ0n) is 11.7. The van der Waals surface area contributed by atoms with E-state index in [0.717, 1.165) is 11.3 Å². The van der Waals surface area contributed by atoms with Gasteiger partial charge >= 0.3 is 0 Å². The van der Waals surface area contributed by atoms with Crippen LogP contribution in [0.3, 0.4) is 0 Å². The molecule has 0 bridgehead atoms. The first-order valence-corrected chi connectivity index (χ1v) is 7.68. The number of amides is 1. The third kappa shape index (κ3) is 3.54. The van der Waals surface area contributed by atoms with Gasteiger partial charge in [0.1, 0.15) is 0 Å². The maximum Gasteiger partial charge on any atom is 0.240 e. The van der Waals surface area contributed by atoms with Gasteiger partial charge in [-0.1, -0.05) is 13.8 Å². The summed E-state index contributed by atoms with van der Waals surface area (Å²) in [6, 6.07) is 4.75. The molecule has 0 unspecified atom stereocenters. The zero-order valence-corrected chi connectivity index (χ0v) is 12.5. The van der Waals surface area contributed by atoms with E-state index in [4.69, 9.17) is 0 Å². The van der Waals surface area contributed by atoms with Gasteiger partial charge in [0.2, 0.25) is 15.9 Å². The van der Waals surface area contributed by atoms with E-state index in [0.29, 0.717) is 13.0 Å². The molecule has 0 heterocycles. The van der Waals surface area contributed by atoms with E-state index in [-0.39, 0.29) is 10.8 Å². The lowest BCUT2D eigenvalue weighted by Gasteiger charge is -2.19. The molecule has 0 aliphatic carbocycles. The normalized spacial score (nSPS) is 11.4. The largest absolute Gasteiger partial charge is 0.315 e. The van der Waals surface area contributed by atoms with Crippen molar-refractivity contribution in [3.8, 4) is 0 Å². The summed E-state index contributed by atoms with van der Waals surface area (Å²) in [5.74, 6) is -0.00890. The fourth-order valence-electron chi connectivity index (χ4n) is 1.82. The molecule has 1 amide bonds. The molecule has 0 saturated carbocycles. The van der Waals surface area contributed by atoms with E-state index in [9.17, 15) is 13.2 Å². The van der Waals surface area contributed by atoms with Crippen molar-refractivity contribution < 1.29 is 13.2 Å². The Balaban J connectivity index is 3.15. The van der Waals surface area contributed by atoms with Crippen LogP contribution in [0.1, 0.15) is 25.8 Å². The van der Waals surface area contributed by atoms with Crippen molar-refractivity contribution in [1.29, 1.82) is 0 Å². The number of nitrogens with one attached hydrogen (secondary N) is 1. The molecule has 1 aromatic carbocycles. The number of aryl methyl sites for hydroxylation is 1. The third-order valence-corrected chi connectivity index (χ3v) is 4.39. The fourth-order valence-corrected chi connectivity index (χ4v) is 2.94. The Morgan fingerprint density at radius 2 is 1.95 bits per heavy atom. The highest BCUT2D eigenvalue weighted by molar-refractivity contribution is 7.89. The third-order valence-electron chi connectivity index (χ3n) is 2.85. The average Bonchev–Trinajstić information content (AvgIpc) is 2.36. The van der Waals surface area contributed by atoms with Crippen LogP contribution >= 0.6 is 0 Å². The zero-order chi connectivity index (χ0) is 14.6. The Kier molecular flexibility index (Phi) is 5.08. The molecular formula is C13H20N2O3S. The van der Waals surface area contributed by atoms with Gasteiger partial charge in [0.25, 0.3) is 0 Å². The van der Waals surface area contributed by atoms with Crippen LogP contribution in [0.15, 0.2) is 23.1 Å². The van der Waals surface area contributed by atoms with Crippen molar-refractivity contribution in [3.05, 3.63) is 23.8 Å². The van der Waals surface area contributed by atoms with Crippen molar-refractivity contribution in [2.45, 2.75) is 32.1 Å². The Bertz CT molecular complexity index is 567. The second-order valence-corrected chi connectivity index (χ2v) is 6.02. The molecule has 6 heteroatoms. The summed E-state index contributed by atoms with van der Waals surface area (Å²) >= 11 is 0. The second kappa shape index (κ2) is 6.16. The number of hydrogen-bond donors (Lipinski definition) is 1. The maximum absolute atomic E-state index is 11.9. The molecule has 5 nitrogen and oxygen atoms in total. The molecule has 1 rings (SSSR count). The van der Waals surface area contributed by atoms with Crippen molar-refractivity contribution in [2.75, 3.05) is 18.5 Å². The molecule has 19 heavy (non-hydrogen) atoms. The molecule has 0 saturated heterocycles. The Morgan fingerprint density at radius 1 is 1.32 bits per heavy atom. The lowest BCUT2D eigenvalue weighted by molar-refractivity contribution is -0.118. The highest BCUT2D eigenvalue weighted by Crippen LogP contribution is 2.23. The van der Waals surface area contributed by atoms with Gasteiger partial charge in [-0.3, -0.25) is 4.79 Å². The number of rotatable bonds is 5. The SMILES string of the molecule is CCNS(=O)(=O)c1ccc(N(C)C(=O)CC)c(C)c1. The number of sulfonamides is 1. The van der Waals surface area contributed by atoms with Crippen LogP contribution in [0.5, 0.6) is 0 Å². The lowest BCUT2D eigenvalue weighted by atomic mass is 10.2. The molecule has 0 atom stereocenters. The van der Waals surface area contributed by atoms with E-state index in [1.807, 2.05) is 0 Å². The monoisotopic (exact) mass is 284 g/mol. The topological polar surface area (TPSA) is 66.5 Å². The molecule has 0 aliphatic heterocycles. The summed E-state index contributed by atoms with van der Waals surface area (Å²) in [7, 11) is -1.77. The summed E-state index contributed by atoms with van der Waals surface area (Å²) in [5.41, 5.74) is 1.48. The minimum absolute atomic E-state index is 0.00890. The summed E-state index contributed by atoms with van der Waals surface area (Å²) < 4.78 is 26.2. The summed E-state index contributed by atoms with van der Waals surface area (Å²) in [5, 5.41) is 0. The number of nitrogens with zero attached hydrogens (tertiary/aromatic N) is 1. The maximum atomic E-state index is 11.9. The van der Waals surface area contributed by atoms with Gasteiger partial charge < -0.3 is 4.90 Å². The van der Waals surface area contributed by atoms with Gasteiger partial charge in [-0.05, 0) is 30.7 Å². The number of benzene rings is 1. The van der Waals surface area contributed by atoms with Crippen LogP contribution < -0.4 is 9.62 Å². The molecule has 0 fully saturated rings. The van der Waals surface area contributed by atoms with E-state index in [1.165, 1.54) is 6.07 Å². The minimum Gasteiger partial charge on any atom is -0.315 e. The van der Waals surface area contributed by atoms with Gasteiger partial charge in [-0.15, -0.1) is 0 Å². The molecule has 106 valence electrons. The van der Waals surface area contributed by atoms with Crippen LogP contribution in [0.25, 0.3) is 0 Å². The van der Waals surface area contributed by atoms with Gasteiger partial charge in [-0.2, -0.15) is 0 Å². The average molecular weight is 284 g/mol. The highest BCUT2D eigenvalue weighted by atomic mass is 32.2. The van der Waals surface area contributed by atoms with Crippen LogP contribution in [0, 0.1) is 6.92 Å². The number of hydrogen-bond acceptors (Lipinski definition) is 3. The molecule has 0 aliphatic rings. The minimum atomic E-state index is -3.45. The second-order valence-electron chi connectivity index (χ2n) is 4.26. The predicted octanol–water partition coefficient (Wildman–Crippen LogP) is 1.67.